The second-order valence-electron chi connectivity index (χ2n) is 3.38. The molecule has 9 heteroatoms. The zero-order valence-electron chi connectivity index (χ0n) is 10.5. The van der Waals surface area contributed by atoms with Crippen molar-refractivity contribution in [2.45, 2.75) is 15.6 Å². The Kier molecular flexibility index (Phi) is 5.85. The van der Waals surface area contributed by atoms with Gasteiger partial charge in [0.1, 0.15) is 11.1 Å². The molecule has 1 N–H and O–H groups in total. The zero-order valence-corrected chi connectivity index (χ0v) is 13.7. The van der Waals surface area contributed by atoms with Gasteiger partial charge in [0.15, 0.2) is 8.68 Å². The Balaban J connectivity index is 1.84. The molecule has 2 heterocycles. The molecule has 0 fully saturated rings. The Bertz CT molecular complexity index is 630. The number of amides is 1. The Morgan fingerprint density at radius 1 is 1.45 bits per heavy atom. The maximum absolute atomic E-state index is 11.8. The van der Waals surface area contributed by atoms with Gasteiger partial charge in [-0.3, -0.25) is 4.79 Å². The molecule has 0 aliphatic carbocycles. The highest BCUT2D eigenvalue weighted by Crippen LogP contribution is 2.29. The van der Waals surface area contributed by atoms with Crippen molar-refractivity contribution in [1.82, 2.24) is 10.2 Å². The first kappa shape index (κ1) is 15.3. The van der Waals surface area contributed by atoms with Crippen LogP contribution in [0.5, 0.6) is 0 Å². The lowest BCUT2D eigenvalue weighted by atomic mass is 10.3. The monoisotopic (exact) mass is 342 g/mol. The molecule has 0 bridgehead atoms. The number of thioether (sulfide) groups is 2. The number of nitriles is 1. The second-order valence-corrected chi connectivity index (χ2v) is 8.01. The van der Waals surface area contributed by atoms with Gasteiger partial charge in [-0.1, -0.05) is 41.8 Å². The summed E-state index contributed by atoms with van der Waals surface area (Å²) in [4.78, 5) is 11.8. The van der Waals surface area contributed by atoms with Gasteiger partial charge in [-0.05, 0) is 17.2 Å². The van der Waals surface area contributed by atoms with Crippen molar-refractivity contribution >= 4 is 57.1 Å². The van der Waals surface area contributed by atoms with E-state index < -0.39 is 0 Å². The maximum atomic E-state index is 11.8. The van der Waals surface area contributed by atoms with Gasteiger partial charge >= 0.3 is 0 Å². The van der Waals surface area contributed by atoms with Crippen LogP contribution in [-0.4, -0.2) is 27.6 Å². The summed E-state index contributed by atoms with van der Waals surface area (Å²) in [6.07, 6.45) is 0. The SMILES string of the molecule is CCSc1nnc(SCC(=O)Nc2sccc2C#N)s1. The van der Waals surface area contributed by atoms with Gasteiger partial charge < -0.3 is 5.32 Å². The number of hydrogen-bond acceptors (Lipinski definition) is 8. The third-order valence-corrected chi connectivity index (χ3v) is 5.92. The number of nitrogens with zero attached hydrogens (tertiary/aromatic N) is 3. The third kappa shape index (κ3) is 4.21. The Morgan fingerprint density at radius 3 is 2.90 bits per heavy atom. The molecule has 1 amide bonds. The molecule has 104 valence electrons. The molecule has 0 aliphatic rings. The number of hydrogen-bond donors (Lipinski definition) is 1. The minimum absolute atomic E-state index is 0.145. The fourth-order valence-electron chi connectivity index (χ4n) is 1.22. The minimum atomic E-state index is -0.145. The number of carbonyl (C=O) groups is 1. The summed E-state index contributed by atoms with van der Waals surface area (Å²) in [5, 5.41) is 22.0. The molecule has 5 nitrogen and oxygen atoms in total. The summed E-state index contributed by atoms with van der Waals surface area (Å²) >= 11 is 5.82. The second kappa shape index (κ2) is 7.64. The van der Waals surface area contributed by atoms with Crippen LogP contribution in [0.3, 0.4) is 0 Å². The fraction of sp³-hybridized carbons (Fsp3) is 0.273. The number of thiophene rings is 1. The quantitative estimate of drug-likeness (QED) is 0.811. The highest BCUT2D eigenvalue weighted by Gasteiger charge is 2.11. The normalized spacial score (nSPS) is 10.2. The van der Waals surface area contributed by atoms with E-state index in [0.717, 1.165) is 14.4 Å². The summed E-state index contributed by atoms with van der Waals surface area (Å²) in [6, 6.07) is 3.72. The molecular formula is C11H10N4OS4. The van der Waals surface area contributed by atoms with Gasteiger partial charge in [0.2, 0.25) is 5.91 Å². The van der Waals surface area contributed by atoms with Crippen molar-refractivity contribution in [3.05, 3.63) is 17.0 Å². The van der Waals surface area contributed by atoms with E-state index in [4.69, 9.17) is 5.26 Å². The smallest absolute Gasteiger partial charge is 0.235 e. The van der Waals surface area contributed by atoms with Crippen LogP contribution in [0.25, 0.3) is 0 Å². The summed E-state index contributed by atoms with van der Waals surface area (Å²) in [6.45, 7) is 2.06. The topological polar surface area (TPSA) is 78.7 Å². The predicted molar refractivity (Wildman–Crippen MR) is 84.7 cm³/mol. The highest BCUT2D eigenvalue weighted by molar-refractivity contribution is 8.03. The zero-order chi connectivity index (χ0) is 14.4. The Labute approximate surface area is 132 Å². The van der Waals surface area contributed by atoms with Crippen molar-refractivity contribution in [2.75, 3.05) is 16.8 Å². The van der Waals surface area contributed by atoms with E-state index in [1.807, 2.05) is 6.07 Å². The van der Waals surface area contributed by atoms with Gasteiger partial charge in [0.05, 0.1) is 11.3 Å². The van der Waals surface area contributed by atoms with Crippen molar-refractivity contribution in [2.24, 2.45) is 0 Å². The molecule has 0 aromatic carbocycles. The molecule has 0 radical (unpaired) electrons. The molecular weight excluding hydrogens is 332 g/mol. The van der Waals surface area contributed by atoms with E-state index >= 15 is 0 Å². The third-order valence-electron chi connectivity index (χ3n) is 2.02. The lowest BCUT2D eigenvalue weighted by molar-refractivity contribution is -0.113. The van der Waals surface area contributed by atoms with E-state index in [-0.39, 0.29) is 11.7 Å². The molecule has 20 heavy (non-hydrogen) atoms. The Morgan fingerprint density at radius 2 is 2.20 bits per heavy atom. The summed E-state index contributed by atoms with van der Waals surface area (Å²) in [5.41, 5.74) is 0.492. The van der Waals surface area contributed by atoms with E-state index in [0.29, 0.717) is 10.6 Å². The van der Waals surface area contributed by atoms with Gasteiger partial charge in [0.25, 0.3) is 0 Å². The first-order valence-electron chi connectivity index (χ1n) is 5.59. The molecule has 0 unspecified atom stereocenters. The van der Waals surface area contributed by atoms with Gasteiger partial charge in [0, 0.05) is 0 Å². The highest BCUT2D eigenvalue weighted by atomic mass is 32.2. The predicted octanol–water partition coefficient (Wildman–Crippen LogP) is 3.31. The fourth-order valence-corrected chi connectivity index (χ4v) is 4.69. The van der Waals surface area contributed by atoms with Gasteiger partial charge in [-0.2, -0.15) is 5.26 Å². The van der Waals surface area contributed by atoms with Crippen LogP contribution < -0.4 is 5.32 Å². The maximum Gasteiger partial charge on any atom is 0.235 e. The van der Waals surface area contributed by atoms with Crippen LogP contribution in [0.1, 0.15) is 12.5 Å². The summed E-state index contributed by atoms with van der Waals surface area (Å²) < 4.78 is 1.70. The molecule has 2 rings (SSSR count). The average molecular weight is 342 g/mol. The first-order chi connectivity index (χ1) is 9.72. The van der Waals surface area contributed by atoms with Crippen LogP contribution in [0.2, 0.25) is 0 Å². The number of carbonyl (C=O) groups excluding carboxylic acids is 1. The average Bonchev–Trinajstić information content (AvgIpc) is 3.06. The van der Waals surface area contributed by atoms with Gasteiger partial charge in [-0.15, -0.1) is 21.5 Å². The van der Waals surface area contributed by atoms with Crippen LogP contribution in [0.4, 0.5) is 5.00 Å². The van der Waals surface area contributed by atoms with Crippen LogP contribution >= 0.6 is 46.2 Å². The minimum Gasteiger partial charge on any atom is -0.316 e. The largest absolute Gasteiger partial charge is 0.316 e. The first-order valence-corrected chi connectivity index (χ1v) is 9.26. The molecule has 2 aromatic heterocycles. The summed E-state index contributed by atoms with van der Waals surface area (Å²) in [7, 11) is 0. The van der Waals surface area contributed by atoms with Gasteiger partial charge in [-0.25, -0.2) is 0 Å². The number of anilines is 1. The van der Waals surface area contributed by atoms with E-state index in [1.54, 1.807) is 23.2 Å². The van der Waals surface area contributed by atoms with Crippen molar-refractivity contribution in [1.29, 1.82) is 5.26 Å². The number of aromatic nitrogens is 2. The molecule has 0 spiro atoms. The van der Waals surface area contributed by atoms with Crippen molar-refractivity contribution < 1.29 is 4.79 Å². The van der Waals surface area contributed by atoms with E-state index in [9.17, 15) is 4.79 Å². The van der Waals surface area contributed by atoms with E-state index in [1.165, 1.54) is 34.4 Å². The molecule has 0 atom stereocenters. The van der Waals surface area contributed by atoms with Crippen molar-refractivity contribution in [3.8, 4) is 6.07 Å². The lowest BCUT2D eigenvalue weighted by Crippen LogP contribution is -2.13. The number of rotatable bonds is 6. The molecule has 0 aliphatic heterocycles. The number of nitrogens with one attached hydrogen (secondary N) is 1. The lowest BCUT2D eigenvalue weighted by Gasteiger charge is -2.01. The summed E-state index contributed by atoms with van der Waals surface area (Å²) in [5.74, 6) is 1.07. The van der Waals surface area contributed by atoms with Crippen LogP contribution in [0.15, 0.2) is 20.1 Å². The standard InChI is InChI=1S/C11H10N4OS4/c1-2-17-10-14-15-11(20-10)19-6-8(16)13-9-7(5-12)3-4-18-9/h3-4H,2,6H2,1H3,(H,13,16). The Hall–Kier alpha value is -1.08. The van der Waals surface area contributed by atoms with E-state index in [2.05, 4.69) is 22.4 Å². The van der Waals surface area contributed by atoms with Crippen molar-refractivity contribution in [3.63, 3.8) is 0 Å². The molecule has 0 saturated heterocycles. The van der Waals surface area contributed by atoms with Crippen LogP contribution in [0, 0.1) is 11.3 Å². The molecule has 2 aromatic rings. The molecule has 0 saturated carbocycles. The van der Waals surface area contributed by atoms with Crippen LogP contribution in [-0.2, 0) is 4.79 Å².